The standard InChI is InChI=1S/C21H18ClNOS/c22-19-12-6-4-10-17(19)14-23-21(25)18-11-5-7-13-20(18)24-15-16-8-2-1-3-9-16/h1-13H,14-15H2,(H,23,25). The Labute approximate surface area is 158 Å². The molecule has 3 rings (SSSR count). The van der Waals surface area contributed by atoms with Gasteiger partial charge in [0.15, 0.2) is 0 Å². The maximum absolute atomic E-state index is 6.19. The summed E-state index contributed by atoms with van der Waals surface area (Å²) in [4.78, 5) is 0.642. The van der Waals surface area contributed by atoms with E-state index in [1.807, 2.05) is 78.9 Å². The molecule has 4 heteroatoms. The Morgan fingerprint density at radius 3 is 2.36 bits per heavy atom. The van der Waals surface area contributed by atoms with Crippen LogP contribution in [0.5, 0.6) is 5.75 Å². The van der Waals surface area contributed by atoms with E-state index in [4.69, 9.17) is 28.6 Å². The molecule has 0 saturated heterocycles. The highest BCUT2D eigenvalue weighted by molar-refractivity contribution is 7.80. The molecule has 0 aliphatic rings. The smallest absolute Gasteiger partial charge is 0.129 e. The highest BCUT2D eigenvalue weighted by Gasteiger charge is 2.09. The summed E-state index contributed by atoms with van der Waals surface area (Å²) in [5.41, 5.74) is 3.00. The van der Waals surface area contributed by atoms with E-state index in [1.165, 1.54) is 0 Å². The van der Waals surface area contributed by atoms with Crippen molar-refractivity contribution in [2.75, 3.05) is 0 Å². The van der Waals surface area contributed by atoms with Crippen LogP contribution in [0.3, 0.4) is 0 Å². The predicted molar refractivity (Wildman–Crippen MR) is 107 cm³/mol. The molecule has 0 heterocycles. The second-order valence-corrected chi connectivity index (χ2v) is 6.36. The molecule has 0 atom stereocenters. The first-order chi connectivity index (χ1) is 12.2. The molecule has 0 aliphatic heterocycles. The van der Waals surface area contributed by atoms with Gasteiger partial charge in [-0.15, -0.1) is 0 Å². The number of thiocarbonyl (C=S) groups is 1. The van der Waals surface area contributed by atoms with E-state index in [9.17, 15) is 0 Å². The minimum absolute atomic E-state index is 0.505. The molecular weight excluding hydrogens is 350 g/mol. The van der Waals surface area contributed by atoms with Gasteiger partial charge < -0.3 is 10.1 Å². The lowest BCUT2D eigenvalue weighted by Crippen LogP contribution is -2.22. The Morgan fingerprint density at radius 1 is 0.880 bits per heavy atom. The third-order valence-electron chi connectivity index (χ3n) is 3.77. The lowest BCUT2D eigenvalue weighted by atomic mass is 10.1. The Balaban J connectivity index is 1.67. The van der Waals surface area contributed by atoms with E-state index >= 15 is 0 Å². The van der Waals surface area contributed by atoms with E-state index in [0.717, 1.165) is 27.5 Å². The maximum Gasteiger partial charge on any atom is 0.129 e. The van der Waals surface area contributed by atoms with Crippen molar-refractivity contribution < 1.29 is 4.74 Å². The second-order valence-electron chi connectivity index (χ2n) is 5.54. The largest absolute Gasteiger partial charge is 0.488 e. The van der Waals surface area contributed by atoms with Crippen LogP contribution in [0.25, 0.3) is 0 Å². The molecule has 2 nitrogen and oxygen atoms in total. The third kappa shape index (κ3) is 4.81. The zero-order valence-corrected chi connectivity index (χ0v) is 15.2. The fraction of sp³-hybridized carbons (Fsp3) is 0.0952. The fourth-order valence-corrected chi connectivity index (χ4v) is 2.87. The third-order valence-corrected chi connectivity index (χ3v) is 4.50. The summed E-state index contributed by atoms with van der Waals surface area (Å²) in [6.07, 6.45) is 0. The number of para-hydroxylation sites is 1. The van der Waals surface area contributed by atoms with Gasteiger partial charge in [-0.2, -0.15) is 0 Å². The quantitative estimate of drug-likeness (QED) is 0.590. The first-order valence-corrected chi connectivity index (χ1v) is 8.80. The summed E-state index contributed by atoms with van der Waals surface area (Å²) in [6, 6.07) is 25.6. The van der Waals surface area contributed by atoms with Crippen molar-refractivity contribution in [3.8, 4) is 5.75 Å². The van der Waals surface area contributed by atoms with Crippen LogP contribution < -0.4 is 10.1 Å². The molecule has 25 heavy (non-hydrogen) atoms. The number of rotatable bonds is 6. The predicted octanol–water partition coefficient (Wildman–Crippen LogP) is 5.38. The number of ether oxygens (including phenoxy) is 1. The maximum atomic E-state index is 6.19. The van der Waals surface area contributed by atoms with Crippen LogP contribution in [0.15, 0.2) is 78.9 Å². The summed E-state index contributed by atoms with van der Waals surface area (Å²) in [5, 5.41) is 3.99. The average Bonchev–Trinajstić information content (AvgIpc) is 2.66. The monoisotopic (exact) mass is 367 g/mol. The number of hydrogen-bond donors (Lipinski definition) is 1. The average molecular weight is 368 g/mol. The van der Waals surface area contributed by atoms with Crippen LogP contribution in [0, 0.1) is 0 Å². The second kappa shape index (κ2) is 8.65. The Hall–Kier alpha value is -2.36. The van der Waals surface area contributed by atoms with Gasteiger partial charge in [-0.05, 0) is 29.3 Å². The number of halogens is 1. The summed E-state index contributed by atoms with van der Waals surface area (Å²) in [7, 11) is 0. The summed E-state index contributed by atoms with van der Waals surface area (Å²) in [5.74, 6) is 0.767. The zero-order chi connectivity index (χ0) is 17.5. The first kappa shape index (κ1) is 17.5. The van der Waals surface area contributed by atoms with Crippen LogP contribution in [0.2, 0.25) is 5.02 Å². The normalized spacial score (nSPS) is 10.3. The molecule has 0 radical (unpaired) electrons. The van der Waals surface area contributed by atoms with Gasteiger partial charge in [0.2, 0.25) is 0 Å². The van der Waals surface area contributed by atoms with Crippen LogP contribution >= 0.6 is 23.8 Å². The SMILES string of the molecule is S=C(NCc1ccccc1Cl)c1ccccc1OCc1ccccc1. The number of benzene rings is 3. The minimum Gasteiger partial charge on any atom is -0.488 e. The molecule has 0 amide bonds. The van der Waals surface area contributed by atoms with Gasteiger partial charge >= 0.3 is 0 Å². The number of nitrogens with one attached hydrogen (secondary N) is 1. The van der Waals surface area contributed by atoms with E-state index in [-0.39, 0.29) is 0 Å². The molecular formula is C21H18ClNOS. The molecule has 0 saturated carbocycles. The van der Waals surface area contributed by atoms with Crippen molar-refractivity contribution >= 4 is 28.8 Å². The molecule has 0 aromatic heterocycles. The van der Waals surface area contributed by atoms with Gasteiger partial charge in [0.25, 0.3) is 0 Å². The lowest BCUT2D eigenvalue weighted by molar-refractivity contribution is 0.305. The van der Waals surface area contributed by atoms with E-state index in [1.54, 1.807) is 0 Å². The molecule has 0 bridgehead atoms. The van der Waals surface area contributed by atoms with E-state index in [2.05, 4.69) is 5.32 Å². The van der Waals surface area contributed by atoms with Gasteiger partial charge in [-0.1, -0.05) is 84.5 Å². The topological polar surface area (TPSA) is 21.3 Å². The van der Waals surface area contributed by atoms with Crippen molar-refractivity contribution in [2.45, 2.75) is 13.2 Å². The van der Waals surface area contributed by atoms with Crippen molar-refractivity contribution in [3.63, 3.8) is 0 Å². The molecule has 3 aromatic rings. The van der Waals surface area contributed by atoms with Crippen molar-refractivity contribution in [3.05, 3.63) is 101 Å². The molecule has 1 N–H and O–H groups in total. The Morgan fingerprint density at radius 2 is 1.56 bits per heavy atom. The molecule has 0 unspecified atom stereocenters. The fourth-order valence-electron chi connectivity index (χ4n) is 2.43. The van der Waals surface area contributed by atoms with E-state index in [0.29, 0.717) is 18.1 Å². The highest BCUT2D eigenvalue weighted by Crippen LogP contribution is 2.21. The van der Waals surface area contributed by atoms with Crippen LogP contribution in [0.1, 0.15) is 16.7 Å². The van der Waals surface area contributed by atoms with Gasteiger partial charge in [0.1, 0.15) is 17.3 Å². The van der Waals surface area contributed by atoms with Gasteiger partial charge in [0, 0.05) is 11.6 Å². The van der Waals surface area contributed by atoms with E-state index < -0.39 is 0 Å². The Bertz CT molecular complexity index is 851. The van der Waals surface area contributed by atoms with Crippen molar-refractivity contribution in [1.29, 1.82) is 0 Å². The van der Waals surface area contributed by atoms with Crippen LogP contribution in [-0.4, -0.2) is 4.99 Å². The van der Waals surface area contributed by atoms with Crippen LogP contribution in [0.4, 0.5) is 0 Å². The Kier molecular flexibility index (Phi) is 6.04. The van der Waals surface area contributed by atoms with Gasteiger partial charge in [-0.25, -0.2) is 0 Å². The van der Waals surface area contributed by atoms with Crippen molar-refractivity contribution in [1.82, 2.24) is 5.32 Å². The summed E-state index contributed by atoms with van der Waals surface area (Å²) >= 11 is 11.7. The molecule has 0 fully saturated rings. The zero-order valence-electron chi connectivity index (χ0n) is 13.6. The highest BCUT2D eigenvalue weighted by atomic mass is 35.5. The minimum atomic E-state index is 0.505. The molecule has 0 aliphatic carbocycles. The molecule has 0 spiro atoms. The van der Waals surface area contributed by atoms with Crippen molar-refractivity contribution in [2.24, 2.45) is 0 Å². The molecule has 126 valence electrons. The number of hydrogen-bond acceptors (Lipinski definition) is 2. The first-order valence-electron chi connectivity index (χ1n) is 8.01. The van der Waals surface area contributed by atoms with Gasteiger partial charge in [-0.3, -0.25) is 0 Å². The summed E-state index contributed by atoms with van der Waals surface area (Å²) < 4.78 is 5.97. The lowest BCUT2D eigenvalue weighted by Gasteiger charge is -2.14. The van der Waals surface area contributed by atoms with Crippen LogP contribution in [-0.2, 0) is 13.2 Å². The summed E-state index contributed by atoms with van der Waals surface area (Å²) in [6.45, 7) is 1.08. The molecule has 3 aromatic carbocycles. The van der Waals surface area contributed by atoms with Gasteiger partial charge in [0.05, 0.1) is 5.56 Å².